The summed E-state index contributed by atoms with van der Waals surface area (Å²) in [5, 5.41) is 8.90. The molecule has 0 spiro atoms. The van der Waals surface area contributed by atoms with E-state index < -0.39 is 16.0 Å². The molecule has 16 heavy (non-hydrogen) atoms. The van der Waals surface area contributed by atoms with E-state index in [2.05, 4.69) is 20.7 Å². The molecular formula is C9H10BrNO4S. The highest BCUT2D eigenvalue weighted by molar-refractivity contribution is 9.10. The summed E-state index contributed by atoms with van der Waals surface area (Å²) >= 11 is 3.11. The van der Waals surface area contributed by atoms with Crippen LogP contribution in [0.1, 0.15) is 17.3 Å². The quantitative estimate of drug-likeness (QED) is 0.890. The highest BCUT2D eigenvalue weighted by atomic mass is 79.9. The van der Waals surface area contributed by atoms with Gasteiger partial charge in [0.25, 0.3) is 0 Å². The monoisotopic (exact) mass is 307 g/mol. The lowest BCUT2D eigenvalue weighted by Gasteiger charge is -2.10. The molecule has 0 fully saturated rings. The van der Waals surface area contributed by atoms with E-state index in [1.54, 1.807) is 6.07 Å². The lowest BCUT2D eigenvalue weighted by atomic mass is 10.2. The van der Waals surface area contributed by atoms with Crippen molar-refractivity contribution in [3.05, 3.63) is 28.2 Å². The molecule has 0 saturated carbocycles. The molecule has 0 aromatic heterocycles. The van der Waals surface area contributed by atoms with Crippen molar-refractivity contribution in [3.63, 3.8) is 0 Å². The summed E-state index contributed by atoms with van der Waals surface area (Å²) in [6.45, 7) is 1.47. The van der Waals surface area contributed by atoms with Gasteiger partial charge in [-0.25, -0.2) is 13.2 Å². The first-order chi connectivity index (χ1) is 7.37. The average molecular weight is 308 g/mol. The Morgan fingerprint density at radius 2 is 2.12 bits per heavy atom. The van der Waals surface area contributed by atoms with Crippen LogP contribution in [-0.2, 0) is 10.0 Å². The van der Waals surface area contributed by atoms with Gasteiger partial charge in [-0.2, -0.15) is 0 Å². The Hall–Kier alpha value is -1.08. The number of sulfonamides is 1. The third kappa shape index (κ3) is 2.96. The number of carbonyl (C=O) groups is 1. The van der Waals surface area contributed by atoms with Gasteiger partial charge in [0.2, 0.25) is 10.0 Å². The number of halogens is 1. The number of hydrogen-bond acceptors (Lipinski definition) is 3. The van der Waals surface area contributed by atoms with Crippen LogP contribution >= 0.6 is 15.9 Å². The van der Waals surface area contributed by atoms with Gasteiger partial charge in [-0.15, -0.1) is 0 Å². The third-order valence-corrected chi connectivity index (χ3v) is 3.82. The maximum Gasteiger partial charge on any atom is 0.337 e. The summed E-state index contributed by atoms with van der Waals surface area (Å²) in [7, 11) is -3.49. The largest absolute Gasteiger partial charge is 0.478 e. The van der Waals surface area contributed by atoms with Crippen LogP contribution in [0.5, 0.6) is 0 Å². The van der Waals surface area contributed by atoms with Crippen LogP contribution < -0.4 is 4.72 Å². The highest BCUT2D eigenvalue weighted by Crippen LogP contribution is 2.27. The van der Waals surface area contributed by atoms with E-state index in [0.29, 0.717) is 4.47 Å². The Morgan fingerprint density at radius 1 is 1.50 bits per heavy atom. The van der Waals surface area contributed by atoms with Crippen molar-refractivity contribution in [2.24, 2.45) is 0 Å². The summed E-state index contributed by atoms with van der Waals surface area (Å²) in [4.78, 5) is 10.9. The van der Waals surface area contributed by atoms with Gasteiger partial charge in [-0.05, 0) is 35.0 Å². The number of benzene rings is 1. The number of hydrogen-bond donors (Lipinski definition) is 2. The molecule has 0 atom stereocenters. The number of aromatic carboxylic acids is 1. The third-order valence-electron chi connectivity index (χ3n) is 1.88. The molecule has 0 radical (unpaired) electrons. The van der Waals surface area contributed by atoms with Gasteiger partial charge in [0.15, 0.2) is 0 Å². The molecule has 0 aliphatic carbocycles. The minimum Gasteiger partial charge on any atom is -0.478 e. The van der Waals surface area contributed by atoms with Crippen molar-refractivity contribution in [2.75, 3.05) is 10.5 Å². The first-order valence-electron chi connectivity index (χ1n) is 4.39. The Bertz CT molecular complexity index is 512. The lowest BCUT2D eigenvalue weighted by Crippen LogP contribution is -2.17. The van der Waals surface area contributed by atoms with Gasteiger partial charge in [-0.3, -0.25) is 4.72 Å². The molecule has 0 bridgehead atoms. The lowest BCUT2D eigenvalue weighted by molar-refractivity contribution is 0.0698. The van der Waals surface area contributed by atoms with Gasteiger partial charge in [-0.1, -0.05) is 6.07 Å². The molecule has 7 heteroatoms. The van der Waals surface area contributed by atoms with Crippen molar-refractivity contribution >= 4 is 37.6 Å². The van der Waals surface area contributed by atoms with Crippen molar-refractivity contribution in [3.8, 4) is 0 Å². The summed E-state index contributed by atoms with van der Waals surface area (Å²) in [6, 6.07) is 4.43. The molecule has 0 heterocycles. The van der Waals surface area contributed by atoms with Crippen LogP contribution in [-0.4, -0.2) is 25.2 Å². The van der Waals surface area contributed by atoms with Crippen LogP contribution in [0.25, 0.3) is 0 Å². The fraction of sp³-hybridized carbons (Fsp3) is 0.222. The average Bonchev–Trinajstić information content (AvgIpc) is 2.20. The summed E-state index contributed by atoms with van der Waals surface area (Å²) < 4.78 is 25.4. The summed E-state index contributed by atoms with van der Waals surface area (Å²) in [6.07, 6.45) is 0. The zero-order valence-corrected chi connectivity index (χ0v) is 10.8. The second-order valence-electron chi connectivity index (χ2n) is 2.97. The normalized spacial score (nSPS) is 11.1. The number of carboxylic acid groups (broad SMARTS) is 1. The van der Waals surface area contributed by atoms with Crippen LogP contribution in [0, 0.1) is 0 Å². The Morgan fingerprint density at radius 3 is 2.62 bits per heavy atom. The molecule has 0 aliphatic rings. The molecule has 2 N–H and O–H groups in total. The van der Waals surface area contributed by atoms with Gasteiger partial charge in [0.1, 0.15) is 0 Å². The number of para-hydroxylation sites is 1. The predicted molar refractivity (Wildman–Crippen MR) is 64.2 cm³/mol. The fourth-order valence-electron chi connectivity index (χ4n) is 1.03. The summed E-state index contributed by atoms with van der Waals surface area (Å²) in [5.41, 5.74) is -0.0387. The van der Waals surface area contributed by atoms with Crippen LogP contribution in [0.2, 0.25) is 0 Å². The number of anilines is 1. The Balaban J connectivity index is 3.27. The number of rotatable bonds is 4. The van der Waals surface area contributed by atoms with Crippen molar-refractivity contribution < 1.29 is 18.3 Å². The van der Waals surface area contributed by atoms with E-state index >= 15 is 0 Å². The van der Waals surface area contributed by atoms with Gasteiger partial charge in [0.05, 0.1) is 17.0 Å². The van der Waals surface area contributed by atoms with E-state index in [9.17, 15) is 13.2 Å². The molecule has 0 unspecified atom stereocenters. The van der Waals surface area contributed by atoms with Crippen LogP contribution in [0.3, 0.4) is 0 Å². The number of carboxylic acids is 1. The highest BCUT2D eigenvalue weighted by Gasteiger charge is 2.17. The topological polar surface area (TPSA) is 83.5 Å². The zero-order chi connectivity index (χ0) is 12.3. The van der Waals surface area contributed by atoms with E-state index in [1.807, 2.05) is 0 Å². The van der Waals surface area contributed by atoms with Crippen molar-refractivity contribution in [1.29, 1.82) is 0 Å². The number of nitrogens with one attached hydrogen (secondary N) is 1. The molecular weight excluding hydrogens is 298 g/mol. The smallest absolute Gasteiger partial charge is 0.337 e. The minimum absolute atomic E-state index is 0.0526. The van der Waals surface area contributed by atoms with Gasteiger partial charge < -0.3 is 5.11 Å². The molecule has 0 saturated heterocycles. The van der Waals surface area contributed by atoms with Gasteiger partial charge >= 0.3 is 5.97 Å². The van der Waals surface area contributed by atoms with Crippen LogP contribution in [0.15, 0.2) is 22.7 Å². The SMILES string of the molecule is CCS(=O)(=O)Nc1c(Br)cccc1C(=O)O. The van der Waals surface area contributed by atoms with E-state index in [0.717, 1.165) is 0 Å². The molecule has 1 aromatic rings. The molecule has 0 amide bonds. The maximum absolute atomic E-state index is 11.4. The summed E-state index contributed by atoms with van der Waals surface area (Å²) in [5.74, 6) is -1.30. The van der Waals surface area contributed by atoms with Crippen LogP contribution in [0.4, 0.5) is 5.69 Å². The standard InChI is InChI=1S/C9H10BrNO4S/c1-2-16(14,15)11-8-6(9(12)13)4-3-5-7(8)10/h3-5,11H,2H2,1H3,(H,12,13). The minimum atomic E-state index is -3.49. The van der Waals surface area contributed by atoms with Gasteiger partial charge in [0, 0.05) is 4.47 Å². The second kappa shape index (κ2) is 4.84. The molecule has 1 rings (SSSR count). The molecule has 1 aromatic carbocycles. The predicted octanol–water partition coefficient (Wildman–Crippen LogP) is 1.91. The molecule has 88 valence electrons. The first-order valence-corrected chi connectivity index (χ1v) is 6.84. The molecule has 0 aliphatic heterocycles. The van der Waals surface area contributed by atoms with Crippen molar-refractivity contribution in [1.82, 2.24) is 0 Å². The zero-order valence-electron chi connectivity index (χ0n) is 8.40. The van der Waals surface area contributed by atoms with E-state index in [1.165, 1.54) is 19.1 Å². The Kier molecular flexibility index (Phi) is 3.93. The fourth-order valence-corrected chi connectivity index (χ4v) is 2.31. The van der Waals surface area contributed by atoms with E-state index in [4.69, 9.17) is 5.11 Å². The Labute approximate surface area is 102 Å². The first kappa shape index (κ1) is 13.0. The maximum atomic E-state index is 11.4. The molecule has 5 nitrogen and oxygen atoms in total. The second-order valence-corrected chi connectivity index (χ2v) is 5.84. The van der Waals surface area contributed by atoms with E-state index in [-0.39, 0.29) is 17.0 Å². The van der Waals surface area contributed by atoms with Crippen molar-refractivity contribution in [2.45, 2.75) is 6.92 Å².